The predicted molar refractivity (Wildman–Crippen MR) is 70.7 cm³/mol. The number of unbranched alkanes of at least 4 members (excludes halogenated alkanes) is 4. The molecular formula is C13H29N3. The lowest BCUT2D eigenvalue weighted by atomic mass is 10.1. The molecule has 0 radical (unpaired) electrons. The molecular weight excluding hydrogens is 198 g/mol. The molecule has 0 saturated carbocycles. The molecule has 3 heteroatoms. The molecule has 1 aliphatic heterocycles. The lowest BCUT2D eigenvalue weighted by Crippen LogP contribution is -2.29. The summed E-state index contributed by atoms with van der Waals surface area (Å²) in [5.74, 6) is 0. The first-order chi connectivity index (χ1) is 7.83. The van der Waals surface area contributed by atoms with Crippen molar-refractivity contribution in [1.82, 2.24) is 9.80 Å². The Balaban J connectivity index is 1.95. The molecule has 1 aliphatic rings. The van der Waals surface area contributed by atoms with Crippen LogP contribution in [-0.2, 0) is 0 Å². The van der Waals surface area contributed by atoms with Crippen molar-refractivity contribution in [3.05, 3.63) is 0 Å². The van der Waals surface area contributed by atoms with Crippen LogP contribution in [0.15, 0.2) is 0 Å². The molecule has 16 heavy (non-hydrogen) atoms. The number of hydrogen-bond acceptors (Lipinski definition) is 3. The van der Waals surface area contributed by atoms with E-state index < -0.39 is 0 Å². The van der Waals surface area contributed by atoms with Crippen molar-refractivity contribution in [1.29, 1.82) is 0 Å². The molecule has 0 aromatic carbocycles. The van der Waals surface area contributed by atoms with Gasteiger partial charge in [-0.3, -0.25) is 0 Å². The summed E-state index contributed by atoms with van der Waals surface area (Å²) in [7, 11) is 2.23. The second-order valence-corrected chi connectivity index (χ2v) is 5.05. The summed E-state index contributed by atoms with van der Waals surface area (Å²) < 4.78 is 0. The summed E-state index contributed by atoms with van der Waals surface area (Å²) in [6.45, 7) is 7.24. The largest absolute Gasteiger partial charge is 0.330 e. The molecule has 2 N–H and O–H groups in total. The van der Waals surface area contributed by atoms with E-state index in [4.69, 9.17) is 5.73 Å². The fourth-order valence-corrected chi connectivity index (χ4v) is 2.33. The Morgan fingerprint density at radius 3 is 2.44 bits per heavy atom. The Labute approximate surface area is 101 Å². The summed E-state index contributed by atoms with van der Waals surface area (Å²) in [4.78, 5) is 5.08. The van der Waals surface area contributed by atoms with Gasteiger partial charge in [-0.25, -0.2) is 0 Å². The highest BCUT2D eigenvalue weighted by Crippen LogP contribution is 2.06. The van der Waals surface area contributed by atoms with Crippen LogP contribution in [0.4, 0.5) is 0 Å². The average molecular weight is 227 g/mol. The molecule has 0 atom stereocenters. The van der Waals surface area contributed by atoms with Gasteiger partial charge < -0.3 is 15.5 Å². The van der Waals surface area contributed by atoms with Gasteiger partial charge in [-0.2, -0.15) is 0 Å². The van der Waals surface area contributed by atoms with Gasteiger partial charge in [-0.15, -0.1) is 0 Å². The van der Waals surface area contributed by atoms with Gasteiger partial charge >= 0.3 is 0 Å². The molecule has 0 unspecified atom stereocenters. The van der Waals surface area contributed by atoms with Gasteiger partial charge in [0.2, 0.25) is 0 Å². The van der Waals surface area contributed by atoms with Crippen LogP contribution in [-0.4, -0.2) is 56.1 Å². The zero-order valence-corrected chi connectivity index (χ0v) is 11.0. The van der Waals surface area contributed by atoms with E-state index in [1.165, 1.54) is 71.2 Å². The number of nitrogens with two attached hydrogens (primary N) is 1. The van der Waals surface area contributed by atoms with Crippen molar-refractivity contribution >= 4 is 0 Å². The molecule has 3 nitrogen and oxygen atoms in total. The van der Waals surface area contributed by atoms with Crippen LogP contribution in [0.1, 0.15) is 38.5 Å². The van der Waals surface area contributed by atoms with Gasteiger partial charge in [-0.1, -0.05) is 19.3 Å². The van der Waals surface area contributed by atoms with Crippen molar-refractivity contribution in [2.24, 2.45) is 5.73 Å². The number of rotatable bonds is 7. The van der Waals surface area contributed by atoms with E-state index >= 15 is 0 Å². The van der Waals surface area contributed by atoms with E-state index in [0.717, 1.165) is 6.54 Å². The lowest BCUT2D eigenvalue weighted by Gasteiger charge is -2.19. The maximum Gasteiger partial charge on any atom is 0.0109 e. The normalized spacial score (nSPS) is 19.9. The van der Waals surface area contributed by atoms with Crippen LogP contribution in [0.2, 0.25) is 0 Å². The van der Waals surface area contributed by atoms with E-state index in [1.54, 1.807) is 0 Å². The predicted octanol–water partition coefficient (Wildman–Crippen LogP) is 1.53. The topological polar surface area (TPSA) is 32.5 Å². The van der Waals surface area contributed by atoms with Gasteiger partial charge in [0.05, 0.1) is 0 Å². The summed E-state index contributed by atoms with van der Waals surface area (Å²) in [6.07, 6.45) is 7.98. The monoisotopic (exact) mass is 227 g/mol. The van der Waals surface area contributed by atoms with E-state index in [9.17, 15) is 0 Å². The Hall–Kier alpha value is -0.120. The highest BCUT2D eigenvalue weighted by molar-refractivity contribution is 4.67. The smallest absolute Gasteiger partial charge is 0.0109 e. The Morgan fingerprint density at radius 1 is 0.875 bits per heavy atom. The maximum absolute atomic E-state index is 5.48. The van der Waals surface area contributed by atoms with Crippen molar-refractivity contribution in [3.63, 3.8) is 0 Å². The number of likely N-dealkylation sites (N-methyl/N-ethyl adjacent to an activating group) is 1. The summed E-state index contributed by atoms with van der Waals surface area (Å²) in [5.41, 5.74) is 5.48. The van der Waals surface area contributed by atoms with Gasteiger partial charge in [0, 0.05) is 13.1 Å². The highest BCUT2D eigenvalue weighted by Gasteiger charge is 2.10. The standard InChI is InChI=1S/C13H29N3/c1-15-9-7-11-16(13-12-15)10-6-4-2-3-5-8-14/h2-14H2,1H3. The first kappa shape index (κ1) is 13.9. The highest BCUT2D eigenvalue weighted by atomic mass is 15.2. The van der Waals surface area contributed by atoms with Crippen LogP contribution in [0, 0.1) is 0 Å². The second-order valence-electron chi connectivity index (χ2n) is 5.05. The molecule has 96 valence electrons. The minimum absolute atomic E-state index is 0.860. The zero-order chi connectivity index (χ0) is 11.6. The summed E-state index contributed by atoms with van der Waals surface area (Å²) >= 11 is 0. The molecule has 0 aromatic rings. The third-order valence-electron chi connectivity index (χ3n) is 3.49. The molecule has 0 amide bonds. The van der Waals surface area contributed by atoms with Crippen LogP contribution in [0.5, 0.6) is 0 Å². The Bertz CT molecular complexity index is 161. The molecule has 0 aliphatic carbocycles. The SMILES string of the molecule is CN1CCCN(CCCCCCCN)CC1. The first-order valence-electron chi connectivity index (χ1n) is 6.94. The van der Waals surface area contributed by atoms with Gasteiger partial charge in [0.15, 0.2) is 0 Å². The van der Waals surface area contributed by atoms with Crippen LogP contribution >= 0.6 is 0 Å². The summed E-state index contributed by atoms with van der Waals surface area (Å²) in [6, 6.07) is 0. The Kier molecular flexibility index (Phi) is 7.81. The van der Waals surface area contributed by atoms with Crippen molar-refractivity contribution in [2.75, 3.05) is 46.3 Å². The van der Waals surface area contributed by atoms with Gasteiger partial charge in [-0.05, 0) is 52.5 Å². The molecule has 1 fully saturated rings. The number of hydrogen-bond donors (Lipinski definition) is 1. The fourth-order valence-electron chi connectivity index (χ4n) is 2.33. The molecule has 1 rings (SSSR count). The Morgan fingerprint density at radius 2 is 1.62 bits per heavy atom. The minimum atomic E-state index is 0.860. The van der Waals surface area contributed by atoms with E-state index in [-0.39, 0.29) is 0 Å². The lowest BCUT2D eigenvalue weighted by molar-refractivity contribution is 0.270. The number of nitrogens with zero attached hydrogens (tertiary/aromatic N) is 2. The third-order valence-corrected chi connectivity index (χ3v) is 3.49. The molecule has 0 aromatic heterocycles. The van der Waals surface area contributed by atoms with Crippen LogP contribution < -0.4 is 5.73 Å². The summed E-state index contributed by atoms with van der Waals surface area (Å²) in [5, 5.41) is 0. The second kappa shape index (κ2) is 8.97. The molecule has 1 heterocycles. The van der Waals surface area contributed by atoms with E-state index in [0.29, 0.717) is 0 Å². The van der Waals surface area contributed by atoms with Gasteiger partial charge in [0.25, 0.3) is 0 Å². The third kappa shape index (κ3) is 6.46. The van der Waals surface area contributed by atoms with Crippen LogP contribution in [0.25, 0.3) is 0 Å². The first-order valence-corrected chi connectivity index (χ1v) is 6.94. The average Bonchev–Trinajstić information content (AvgIpc) is 2.49. The minimum Gasteiger partial charge on any atom is -0.330 e. The fraction of sp³-hybridized carbons (Fsp3) is 1.00. The van der Waals surface area contributed by atoms with Gasteiger partial charge in [0.1, 0.15) is 0 Å². The quantitative estimate of drug-likeness (QED) is 0.670. The zero-order valence-electron chi connectivity index (χ0n) is 11.0. The molecule has 0 spiro atoms. The van der Waals surface area contributed by atoms with E-state index in [1.807, 2.05) is 0 Å². The van der Waals surface area contributed by atoms with Crippen molar-refractivity contribution in [3.8, 4) is 0 Å². The van der Waals surface area contributed by atoms with Crippen molar-refractivity contribution in [2.45, 2.75) is 38.5 Å². The maximum atomic E-state index is 5.48. The molecule has 1 saturated heterocycles. The van der Waals surface area contributed by atoms with E-state index in [2.05, 4.69) is 16.8 Å². The molecule has 0 bridgehead atoms. The van der Waals surface area contributed by atoms with Crippen molar-refractivity contribution < 1.29 is 0 Å². The van der Waals surface area contributed by atoms with Crippen LogP contribution in [0.3, 0.4) is 0 Å².